The molecule has 0 radical (unpaired) electrons. The molecule has 1 aromatic heterocycles. The Morgan fingerprint density at radius 2 is 1.78 bits per heavy atom. The summed E-state index contributed by atoms with van der Waals surface area (Å²) in [5, 5.41) is 19.2. The molecule has 32 heavy (non-hydrogen) atoms. The molecule has 0 aliphatic carbocycles. The van der Waals surface area contributed by atoms with Crippen LogP contribution in [0.1, 0.15) is 52.3 Å². The number of aliphatic carboxylic acids is 1. The number of aryl methyl sites for hydroxylation is 1. The largest absolute Gasteiger partial charge is 0.489 e. The lowest BCUT2D eigenvalue weighted by atomic mass is 9.96. The third-order valence-electron chi connectivity index (χ3n) is 4.75. The van der Waals surface area contributed by atoms with Crippen LogP contribution in [-0.2, 0) is 17.8 Å². The van der Waals surface area contributed by atoms with E-state index < -0.39 is 17.9 Å². The first-order valence-electron chi connectivity index (χ1n) is 9.62. The number of carbonyl (C=O) groups is 2. The van der Waals surface area contributed by atoms with Crippen molar-refractivity contribution in [3.63, 3.8) is 0 Å². The molecule has 3 aromatic rings. The van der Waals surface area contributed by atoms with Crippen molar-refractivity contribution in [2.75, 3.05) is 0 Å². The fourth-order valence-electron chi connectivity index (χ4n) is 3.21. The van der Waals surface area contributed by atoms with Crippen LogP contribution in [-0.4, -0.2) is 32.1 Å². The van der Waals surface area contributed by atoms with Gasteiger partial charge in [0.1, 0.15) is 24.1 Å². The highest BCUT2D eigenvalue weighted by atomic mass is 35.5. The number of halogens is 3. The minimum atomic E-state index is -1.23. The highest BCUT2D eigenvalue weighted by molar-refractivity contribution is 6.39. The molecule has 10 heteroatoms. The van der Waals surface area contributed by atoms with E-state index in [1.807, 2.05) is 6.92 Å². The van der Waals surface area contributed by atoms with E-state index in [4.69, 9.17) is 39.5 Å². The molecule has 0 aliphatic heterocycles. The molecule has 3 rings (SSSR count). The van der Waals surface area contributed by atoms with Gasteiger partial charge in [-0.15, -0.1) is 0 Å². The van der Waals surface area contributed by atoms with Gasteiger partial charge in [0.2, 0.25) is 0 Å². The Morgan fingerprint density at radius 1 is 1.09 bits per heavy atom. The van der Waals surface area contributed by atoms with Crippen molar-refractivity contribution in [1.82, 2.24) is 9.97 Å². The second-order valence-corrected chi connectivity index (χ2v) is 8.11. The highest BCUT2D eigenvalue weighted by Crippen LogP contribution is 2.32. The predicted molar refractivity (Wildman–Crippen MR) is 121 cm³/mol. The van der Waals surface area contributed by atoms with Crippen molar-refractivity contribution in [3.8, 4) is 5.75 Å². The fourth-order valence-corrected chi connectivity index (χ4v) is 4.06. The van der Waals surface area contributed by atoms with Gasteiger partial charge >= 0.3 is 11.9 Å². The first-order chi connectivity index (χ1) is 15.2. The Balaban J connectivity index is 1.79. The Hall–Kier alpha value is -2.74. The quantitative estimate of drug-likeness (QED) is 0.343. The number of rotatable bonds is 9. The zero-order valence-corrected chi connectivity index (χ0v) is 19.1. The van der Waals surface area contributed by atoms with Gasteiger partial charge in [-0.25, -0.2) is 9.78 Å². The maximum atomic E-state index is 12.0. The number of nitrogens with one attached hydrogen (secondary N) is 1. The van der Waals surface area contributed by atoms with Crippen LogP contribution < -0.4 is 4.74 Å². The molecular weight excluding hydrogens is 479 g/mol. The van der Waals surface area contributed by atoms with Crippen LogP contribution in [0, 0.1) is 0 Å². The molecule has 168 valence electrons. The minimum Gasteiger partial charge on any atom is -0.489 e. The maximum absolute atomic E-state index is 12.0. The summed E-state index contributed by atoms with van der Waals surface area (Å²) in [4.78, 5) is 30.5. The number of hydrogen-bond donors (Lipinski definition) is 3. The van der Waals surface area contributed by atoms with Crippen LogP contribution in [0.3, 0.4) is 0 Å². The summed E-state index contributed by atoms with van der Waals surface area (Å²) in [6.07, 6.45) is 1.51. The summed E-state index contributed by atoms with van der Waals surface area (Å²) in [6, 6.07) is 9.50. The number of benzene rings is 2. The van der Waals surface area contributed by atoms with Crippen molar-refractivity contribution in [3.05, 3.63) is 79.8 Å². The first-order valence-corrected chi connectivity index (χ1v) is 10.8. The molecule has 1 unspecified atom stereocenters. The van der Waals surface area contributed by atoms with Crippen LogP contribution in [0.4, 0.5) is 0 Å². The number of aromatic amines is 1. The Morgan fingerprint density at radius 3 is 2.38 bits per heavy atom. The summed E-state index contributed by atoms with van der Waals surface area (Å²) in [5.41, 5.74) is 1.09. The molecule has 0 fully saturated rings. The van der Waals surface area contributed by atoms with E-state index in [9.17, 15) is 19.8 Å². The van der Waals surface area contributed by atoms with Crippen LogP contribution in [0.2, 0.25) is 15.2 Å². The number of ether oxygens (including phenoxy) is 1. The number of aromatic nitrogens is 2. The van der Waals surface area contributed by atoms with Crippen LogP contribution in [0.5, 0.6) is 5.75 Å². The van der Waals surface area contributed by atoms with Crippen molar-refractivity contribution < 1.29 is 24.5 Å². The number of aromatic carboxylic acids is 1. The van der Waals surface area contributed by atoms with Gasteiger partial charge in [-0.2, -0.15) is 0 Å². The number of hydrogen-bond acceptors (Lipinski definition) is 4. The van der Waals surface area contributed by atoms with Gasteiger partial charge in [0, 0.05) is 12.0 Å². The third kappa shape index (κ3) is 5.18. The Bertz CT molecular complexity index is 1150. The van der Waals surface area contributed by atoms with Crippen molar-refractivity contribution >= 4 is 46.7 Å². The normalized spacial score (nSPS) is 11.9. The first kappa shape index (κ1) is 23.9. The number of nitrogens with zero attached hydrogens (tertiary/aromatic N) is 1. The Kier molecular flexibility index (Phi) is 7.66. The molecule has 3 N–H and O–H groups in total. The van der Waals surface area contributed by atoms with Crippen LogP contribution in [0.25, 0.3) is 0 Å². The lowest BCUT2D eigenvalue weighted by molar-refractivity contribution is -0.137. The average Bonchev–Trinajstić information content (AvgIpc) is 3.08. The standard InChI is InChI=1S/C22H19Cl3N2O5/c1-2-3-15-26-19(20(25)27-15)16(21(28)29)11-4-7-13(8-5-11)32-10-12-6-9-14(23)17(18(12)24)22(30)31/h4-9,16H,2-3,10H2,1H3,(H,26,27)(H,28,29)(H,30,31). The van der Waals surface area contributed by atoms with Gasteiger partial charge in [-0.1, -0.05) is 59.9 Å². The summed E-state index contributed by atoms with van der Waals surface area (Å²) in [7, 11) is 0. The summed E-state index contributed by atoms with van der Waals surface area (Å²) in [6.45, 7) is 1.99. The fraction of sp³-hybridized carbons (Fsp3) is 0.227. The van der Waals surface area contributed by atoms with Crippen molar-refractivity contribution in [2.24, 2.45) is 0 Å². The van der Waals surface area contributed by atoms with E-state index in [0.717, 1.165) is 6.42 Å². The van der Waals surface area contributed by atoms with Gasteiger partial charge in [0.15, 0.2) is 5.15 Å². The average molecular weight is 498 g/mol. The number of carboxylic acid groups (broad SMARTS) is 2. The van der Waals surface area contributed by atoms with Crippen molar-refractivity contribution in [2.45, 2.75) is 32.3 Å². The molecule has 2 aromatic carbocycles. The van der Waals surface area contributed by atoms with E-state index in [-0.39, 0.29) is 27.4 Å². The molecule has 0 spiro atoms. The lowest BCUT2D eigenvalue weighted by Crippen LogP contribution is -2.14. The van der Waals surface area contributed by atoms with E-state index in [1.165, 1.54) is 6.07 Å². The molecule has 0 bridgehead atoms. The monoisotopic (exact) mass is 496 g/mol. The van der Waals surface area contributed by atoms with Gasteiger partial charge in [0.25, 0.3) is 0 Å². The molecule has 7 nitrogen and oxygen atoms in total. The molecule has 0 aliphatic rings. The molecule has 1 atom stereocenters. The lowest BCUT2D eigenvalue weighted by Gasteiger charge is -2.14. The zero-order chi connectivity index (χ0) is 23.4. The molecular formula is C22H19Cl3N2O5. The van der Waals surface area contributed by atoms with Gasteiger partial charge < -0.3 is 19.9 Å². The third-order valence-corrected chi connectivity index (χ3v) is 5.78. The van der Waals surface area contributed by atoms with Gasteiger partial charge in [-0.3, -0.25) is 4.79 Å². The SMILES string of the molecule is CCCc1nc(Cl)c(C(C(=O)O)c2ccc(OCc3ccc(Cl)c(C(=O)O)c3Cl)cc2)[nH]1. The number of imidazole rings is 1. The Labute approximate surface area is 198 Å². The molecule has 0 amide bonds. The van der Waals surface area contributed by atoms with E-state index in [2.05, 4.69) is 9.97 Å². The summed E-state index contributed by atoms with van der Waals surface area (Å²) < 4.78 is 5.69. The zero-order valence-electron chi connectivity index (χ0n) is 16.9. The van der Waals surface area contributed by atoms with E-state index in [0.29, 0.717) is 34.8 Å². The summed E-state index contributed by atoms with van der Waals surface area (Å²) >= 11 is 18.2. The van der Waals surface area contributed by atoms with E-state index in [1.54, 1.807) is 30.3 Å². The highest BCUT2D eigenvalue weighted by Gasteiger charge is 2.27. The second-order valence-electron chi connectivity index (χ2n) is 6.97. The van der Waals surface area contributed by atoms with Crippen LogP contribution in [0.15, 0.2) is 36.4 Å². The smallest absolute Gasteiger partial charge is 0.338 e. The topological polar surface area (TPSA) is 113 Å². The van der Waals surface area contributed by atoms with Crippen LogP contribution >= 0.6 is 34.8 Å². The summed E-state index contributed by atoms with van der Waals surface area (Å²) in [5.74, 6) is -2.23. The predicted octanol–water partition coefficient (Wildman–Crippen LogP) is 5.82. The van der Waals surface area contributed by atoms with Gasteiger partial charge in [-0.05, 0) is 30.2 Å². The van der Waals surface area contributed by atoms with E-state index >= 15 is 0 Å². The second kappa shape index (κ2) is 10.3. The molecule has 0 saturated heterocycles. The van der Waals surface area contributed by atoms with Gasteiger partial charge in [0.05, 0.1) is 21.3 Å². The number of H-pyrrole nitrogens is 1. The minimum absolute atomic E-state index is 0.00401. The molecule has 1 heterocycles. The molecule has 0 saturated carbocycles. The number of carboxylic acids is 2. The van der Waals surface area contributed by atoms with Crippen molar-refractivity contribution in [1.29, 1.82) is 0 Å². The maximum Gasteiger partial charge on any atom is 0.338 e.